The molecule has 0 bridgehead atoms. The van der Waals surface area contributed by atoms with Gasteiger partial charge in [0.1, 0.15) is 0 Å². The summed E-state index contributed by atoms with van der Waals surface area (Å²) in [4.78, 5) is 2.32. The second kappa shape index (κ2) is 13.6. The Hall–Kier alpha value is -7.62. The van der Waals surface area contributed by atoms with Crippen molar-refractivity contribution in [3.05, 3.63) is 224 Å². The van der Waals surface area contributed by atoms with E-state index < -0.39 is 0 Å². The topological polar surface area (TPSA) is 13.1 Å². The molecule has 0 aliphatic heterocycles. The number of benzene rings is 9. The van der Waals surface area contributed by atoms with E-state index in [2.05, 4.69) is 238 Å². The fraction of sp³-hybridized carbons (Fsp3) is 0. The van der Waals surface area contributed by atoms with Crippen LogP contribution in [0.3, 0.4) is 0 Å². The van der Waals surface area contributed by atoms with E-state index in [0.717, 1.165) is 28.4 Å². The Morgan fingerprint density at radius 1 is 0.281 bits per heavy atom. The molecule has 0 saturated heterocycles. The number of nitrogens with zero attached hydrogens (tertiary/aromatic N) is 3. The lowest BCUT2D eigenvalue weighted by molar-refractivity contribution is 1.17. The molecule has 3 nitrogen and oxygen atoms in total. The van der Waals surface area contributed by atoms with E-state index in [1.807, 2.05) is 0 Å². The Morgan fingerprint density at radius 2 is 0.772 bits per heavy atom. The van der Waals surface area contributed by atoms with Crippen LogP contribution in [0.2, 0.25) is 0 Å². The standard InChI is InChI=1S/C54H37N3/c1-4-15-38(16-5-1)39-27-31-44(32-28-39)55(42-18-6-2-7-19-42)45-33-29-40(30-34-45)41-17-14-22-46(37-41)57-50-25-12-10-23-47(50)48-35-36-52-53(54(48)57)49-24-11-13-26-51(49)56(52)43-20-8-3-9-21-43/h1-37H. The maximum Gasteiger partial charge on any atom is 0.0641 e. The van der Waals surface area contributed by atoms with E-state index in [-0.39, 0.29) is 0 Å². The van der Waals surface area contributed by atoms with Gasteiger partial charge >= 0.3 is 0 Å². The van der Waals surface area contributed by atoms with Gasteiger partial charge in [0.15, 0.2) is 0 Å². The predicted octanol–water partition coefficient (Wildman–Crippen LogP) is 14.7. The zero-order valence-electron chi connectivity index (χ0n) is 31.2. The Bertz CT molecular complexity index is 3200. The van der Waals surface area contributed by atoms with Gasteiger partial charge in [-0.05, 0) is 101 Å². The Labute approximate surface area is 331 Å². The van der Waals surface area contributed by atoms with Gasteiger partial charge in [0.05, 0.1) is 22.1 Å². The van der Waals surface area contributed by atoms with Gasteiger partial charge in [-0.1, -0.05) is 146 Å². The number of anilines is 3. The minimum atomic E-state index is 1.10. The zero-order valence-corrected chi connectivity index (χ0v) is 31.2. The summed E-state index contributed by atoms with van der Waals surface area (Å²) in [5, 5.41) is 5.01. The predicted molar refractivity (Wildman–Crippen MR) is 241 cm³/mol. The van der Waals surface area contributed by atoms with Crippen LogP contribution in [0.4, 0.5) is 17.1 Å². The van der Waals surface area contributed by atoms with Crippen molar-refractivity contribution in [1.82, 2.24) is 9.13 Å². The molecule has 0 spiro atoms. The first-order valence-corrected chi connectivity index (χ1v) is 19.5. The largest absolute Gasteiger partial charge is 0.311 e. The van der Waals surface area contributed by atoms with E-state index in [0.29, 0.717) is 0 Å². The van der Waals surface area contributed by atoms with Crippen LogP contribution in [0.25, 0.3) is 77.2 Å². The van der Waals surface area contributed by atoms with Crippen LogP contribution in [-0.2, 0) is 0 Å². The van der Waals surface area contributed by atoms with Crippen LogP contribution in [0.5, 0.6) is 0 Å². The molecule has 11 aromatic rings. The van der Waals surface area contributed by atoms with Crippen molar-refractivity contribution < 1.29 is 0 Å². The Kier molecular flexibility index (Phi) is 7.82. The quantitative estimate of drug-likeness (QED) is 0.159. The van der Waals surface area contributed by atoms with Gasteiger partial charge in [-0.15, -0.1) is 0 Å². The van der Waals surface area contributed by atoms with Gasteiger partial charge in [-0.3, -0.25) is 0 Å². The van der Waals surface area contributed by atoms with Gasteiger partial charge in [0.2, 0.25) is 0 Å². The van der Waals surface area contributed by atoms with Crippen molar-refractivity contribution in [1.29, 1.82) is 0 Å². The third-order valence-corrected chi connectivity index (χ3v) is 11.3. The van der Waals surface area contributed by atoms with Crippen molar-refractivity contribution in [2.75, 3.05) is 4.90 Å². The molecule has 0 saturated carbocycles. The maximum absolute atomic E-state index is 2.48. The smallest absolute Gasteiger partial charge is 0.0641 e. The van der Waals surface area contributed by atoms with Crippen LogP contribution in [-0.4, -0.2) is 9.13 Å². The van der Waals surface area contributed by atoms with Crippen molar-refractivity contribution in [3.63, 3.8) is 0 Å². The highest BCUT2D eigenvalue weighted by Gasteiger charge is 2.21. The molecular weight excluding hydrogens is 691 g/mol. The number of aromatic nitrogens is 2. The summed E-state index contributed by atoms with van der Waals surface area (Å²) in [6, 6.07) is 80.9. The number of hydrogen-bond acceptors (Lipinski definition) is 1. The zero-order chi connectivity index (χ0) is 37.7. The molecule has 3 heteroatoms. The lowest BCUT2D eigenvalue weighted by Crippen LogP contribution is -2.09. The number of hydrogen-bond donors (Lipinski definition) is 0. The third kappa shape index (κ3) is 5.51. The Morgan fingerprint density at radius 3 is 1.46 bits per heavy atom. The summed E-state index contributed by atoms with van der Waals surface area (Å²) < 4.78 is 4.88. The maximum atomic E-state index is 2.48. The second-order valence-corrected chi connectivity index (χ2v) is 14.6. The van der Waals surface area contributed by atoms with Crippen molar-refractivity contribution in [3.8, 4) is 33.6 Å². The van der Waals surface area contributed by atoms with Crippen LogP contribution in [0, 0.1) is 0 Å². The van der Waals surface area contributed by atoms with Gasteiger partial charge in [-0.25, -0.2) is 0 Å². The van der Waals surface area contributed by atoms with E-state index >= 15 is 0 Å². The van der Waals surface area contributed by atoms with E-state index in [1.54, 1.807) is 0 Å². The first kappa shape index (κ1) is 32.8. The van der Waals surface area contributed by atoms with E-state index in [9.17, 15) is 0 Å². The highest BCUT2D eigenvalue weighted by atomic mass is 15.1. The summed E-state index contributed by atoms with van der Waals surface area (Å²) in [5.41, 5.74) is 15.2. The molecule has 0 N–H and O–H groups in total. The van der Waals surface area contributed by atoms with Crippen LogP contribution < -0.4 is 4.90 Å². The summed E-state index contributed by atoms with van der Waals surface area (Å²) in [5.74, 6) is 0. The van der Waals surface area contributed by atoms with Gasteiger partial charge in [0, 0.05) is 50.0 Å². The summed E-state index contributed by atoms with van der Waals surface area (Å²) >= 11 is 0. The SMILES string of the molecule is c1ccc(-c2ccc(N(c3ccccc3)c3ccc(-c4cccc(-n5c6ccccc6c6ccc7c(c8ccccc8n7-c7ccccc7)c65)c4)cc3)cc2)cc1. The fourth-order valence-electron chi connectivity index (χ4n) is 8.72. The molecule has 0 atom stereocenters. The summed E-state index contributed by atoms with van der Waals surface area (Å²) in [7, 11) is 0. The third-order valence-electron chi connectivity index (χ3n) is 11.3. The molecule has 2 aromatic heterocycles. The molecule has 2 heterocycles. The number of para-hydroxylation sites is 4. The summed E-state index contributed by atoms with van der Waals surface area (Å²) in [6.45, 7) is 0. The lowest BCUT2D eigenvalue weighted by atomic mass is 10.0. The molecule has 0 amide bonds. The monoisotopic (exact) mass is 727 g/mol. The Balaban J connectivity index is 1.04. The average molecular weight is 728 g/mol. The van der Waals surface area contributed by atoms with Crippen LogP contribution >= 0.6 is 0 Å². The molecule has 0 aliphatic rings. The molecule has 57 heavy (non-hydrogen) atoms. The normalized spacial score (nSPS) is 11.5. The molecule has 268 valence electrons. The molecule has 9 aromatic carbocycles. The van der Waals surface area contributed by atoms with Crippen LogP contribution in [0.1, 0.15) is 0 Å². The van der Waals surface area contributed by atoms with Crippen LogP contribution in [0.15, 0.2) is 224 Å². The molecule has 11 rings (SSSR count). The average Bonchev–Trinajstić information content (AvgIpc) is 3.81. The van der Waals surface area contributed by atoms with Gasteiger partial charge in [0.25, 0.3) is 0 Å². The number of fused-ring (bicyclic) bond motifs is 7. The highest BCUT2D eigenvalue weighted by Crippen LogP contribution is 2.43. The van der Waals surface area contributed by atoms with Gasteiger partial charge < -0.3 is 14.0 Å². The van der Waals surface area contributed by atoms with Crippen molar-refractivity contribution in [2.24, 2.45) is 0 Å². The summed E-state index contributed by atoms with van der Waals surface area (Å²) in [6.07, 6.45) is 0. The first-order chi connectivity index (χ1) is 28.3. The molecule has 0 fully saturated rings. The van der Waals surface area contributed by atoms with E-state index in [4.69, 9.17) is 0 Å². The molecule has 0 unspecified atom stereocenters. The van der Waals surface area contributed by atoms with E-state index in [1.165, 1.54) is 65.9 Å². The first-order valence-electron chi connectivity index (χ1n) is 19.5. The van der Waals surface area contributed by atoms with Gasteiger partial charge in [-0.2, -0.15) is 0 Å². The highest BCUT2D eigenvalue weighted by molar-refractivity contribution is 6.26. The number of rotatable bonds is 7. The molecular formula is C54H37N3. The minimum absolute atomic E-state index is 1.10. The van der Waals surface area contributed by atoms with Crippen molar-refractivity contribution >= 4 is 60.7 Å². The van der Waals surface area contributed by atoms with Crippen molar-refractivity contribution in [2.45, 2.75) is 0 Å². The lowest BCUT2D eigenvalue weighted by Gasteiger charge is -2.26. The molecule has 0 radical (unpaired) electrons. The fourth-order valence-corrected chi connectivity index (χ4v) is 8.72. The minimum Gasteiger partial charge on any atom is -0.311 e. The molecule has 0 aliphatic carbocycles. The second-order valence-electron chi connectivity index (χ2n) is 14.6.